The van der Waals surface area contributed by atoms with Crippen molar-refractivity contribution in [1.29, 1.82) is 0 Å². The minimum Gasteiger partial charge on any atom is -0.478 e. The van der Waals surface area contributed by atoms with Crippen molar-refractivity contribution in [1.82, 2.24) is 20.3 Å². The Kier molecular flexibility index (Phi) is 5.46. The summed E-state index contributed by atoms with van der Waals surface area (Å²) >= 11 is 0. The lowest BCUT2D eigenvalue weighted by molar-refractivity contribution is 0.0949. The number of nitrogens with zero attached hydrogens (tertiary/aromatic N) is 4. The van der Waals surface area contributed by atoms with Crippen molar-refractivity contribution in [2.75, 3.05) is 25.6 Å². The SMILES string of the molecule is CCOc1ccc(C(=O)NCc2nc(C)cc(N(C)C)n2)cn1. The van der Waals surface area contributed by atoms with Gasteiger partial charge in [0.1, 0.15) is 11.6 Å². The highest BCUT2D eigenvalue weighted by Gasteiger charge is 2.09. The first-order chi connectivity index (χ1) is 11.0. The topological polar surface area (TPSA) is 80.2 Å². The van der Waals surface area contributed by atoms with Crippen LogP contribution in [0.2, 0.25) is 0 Å². The van der Waals surface area contributed by atoms with Crippen LogP contribution < -0.4 is 15.0 Å². The quantitative estimate of drug-likeness (QED) is 0.871. The molecule has 0 aliphatic heterocycles. The summed E-state index contributed by atoms with van der Waals surface area (Å²) in [6, 6.07) is 5.24. The molecule has 0 radical (unpaired) electrons. The largest absolute Gasteiger partial charge is 0.478 e. The van der Waals surface area contributed by atoms with Gasteiger partial charge in [-0.3, -0.25) is 4.79 Å². The average molecular weight is 315 g/mol. The maximum absolute atomic E-state index is 12.1. The van der Waals surface area contributed by atoms with Gasteiger partial charge in [0, 0.05) is 38.1 Å². The second kappa shape index (κ2) is 7.53. The van der Waals surface area contributed by atoms with Gasteiger partial charge in [-0.15, -0.1) is 0 Å². The van der Waals surface area contributed by atoms with Crippen molar-refractivity contribution in [3.05, 3.63) is 41.5 Å². The molecule has 0 saturated heterocycles. The summed E-state index contributed by atoms with van der Waals surface area (Å²) in [6.45, 7) is 4.58. The van der Waals surface area contributed by atoms with Gasteiger partial charge in [-0.25, -0.2) is 15.0 Å². The maximum Gasteiger partial charge on any atom is 0.253 e. The molecule has 1 N–H and O–H groups in total. The second-order valence-electron chi connectivity index (χ2n) is 5.18. The van der Waals surface area contributed by atoms with Crippen LogP contribution in [-0.2, 0) is 6.54 Å². The van der Waals surface area contributed by atoms with E-state index < -0.39 is 0 Å². The van der Waals surface area contributed by atoms with Crippen molar-refractivity contribution in [2.45, 2.75) is 20.4 Å². The van der Waals surface area contributed by atoms with E-state index >= 15 is 0 Å². The predicted molar refractivity (Wildman–Crippen MR) is 87.7 cm³/mol. The van der Waals surface area contributed by atoms with Crippen LogP contribution in [0.15, 0.2) is 24.4 Å². The zero-order chi connectivity index (χ0) is 16.8. The smallest absolute Gasteiger partial charge is 0.253 e. The molecular weight excluding hydrogens is 294 g/mol. The molecule has 2 heterocycles. The number of aromatic nitrogens is 3. The standard InChI is InChI=1S/C16H21N5O2/c1-5-23-15-7-6-12(9-17-15)16(22)18-10-13-19-11(2)8-14(20-13)21(3)4/h6-9H,5,10H2,1-4H3,(H,18,22). The lowest BCUT2D eigenvalue weighted by Crippen LogP contribution is -2.25. The molecule has 0 saturated carbocycles. The second-order valence-corrected chi connectivity index (χ2v) is 5.18. The molecule has 7 heteroatoms. The summed E-state index contributed by atoms with van der Waals surface area (Å²) in [6.07, 6.45) is 1.49. The Hall–Kier alpha value is -2.70. The van der Waals surface area contributed by atoms with E-state index in [9.17, 15) is 4.79 Å². The lowest BCUT2D eigenvalue weighted by Gasteiger charge is -2.13. The predicted octanol–water partition coefficient (Wildman–Crippen LogP) is 1.57. The third-order valence-corrected chi connectivity index (χ3v) is 3.04. The highest BCUT2D eigenvalue weighted by molar-refractivity contribution is 5.93. The molecule has 0 bridgehead atoms. The van der Waals surface area contributed by atoms with E-state index in [-0.39, 0.29) is 12.5 Å². The number of hydrogen-bond acceptors (Lipinski definition) is 6. The van der Waals surface area contributed by atoms with Gasteiger partial charge in [0.25, 0.3) is 5.91 Å². The van der Waals surface area contributed by atoms with Gasteiger partial charge in [-0.05, 0) is 19.9 Å². The fourth-order valence-corrected chi connectivity index (χ4v) is 1.93. The molecular formula is C16H21N5O2. The summed E-state index contributed by atoms with van der Waals surface area (Å²) in [5.74, 6) is 1.66. The van der Waals surface area contributed by atoms with Crippen molar-refractivity contribution in [3.8, 4) is 5.88 Å². The number of rotatable bonds is 6. The summed E-state index contributed by atoms with van der Waals surface area (Å²) in [5, 5.41) is 2.80. The van der Waals surface area contributed by atoms with E-state index in [0.717, 1.165) is 11.5 Å². The Labute approximate surface area is 135 Å². The summed E-state index contributed by atoms with van der Waals surface area (Å²) < 4.78 is 5.25. The first kappa shape index (κ1) is 16.7. The Morgan fingerprint density at radius 1 is 1.30 bits per heavy atom. The first-order valence-electron chi connectivity index (χ1n) is 7.38. The minimum atomic E-state index is -0.225. The van der Waals surface area contributed by atoms with Crippen molar-refractivity contribution >= 4 is 11.7 Å². The van der Waals surface area contributed by atoms with Gasteiger partial charge < -0.3 is 15.0 Å². The number of ether oxygens (including phenoxy) is 1. The Balaban J connectivity index is 2.01. The fourth-order valence-electron chi connectivity index (χ4n) is 1.93. The Morgan fingerprint density at radius 2 is 2.09 bits per heavy atom. The van der Waals surface area contributed by atoms with Gasteiger partial charge >= 0.3 is 0 Å². The number of hydrogen-bond donors (Lipinski definition) is 1. The van der Waals surface area contributed by atoms with Crippen LogP contribution in [0.3, 0.4) is 0 Å². The van der Waals surface area contributed by atoms with E-state index in [0.29, 0.717) is 23.9 Å². The summed E-state index contributed by atoms with van der Waals surface area (Å²) in [5.41, 5.74) is 1.32. The molecule has 0 aromatic carbocycles. The van der Waals surface area contributed by atoms with E-state index in [2.05, 4.69) is 20.3 Å². The van der Waals surface area contributed by atoms with E-state index in [4.69, 9.17) is 4.74 Å². The van der Waals surface area contributed by atoms with Crippen molar-refractivity contribution in [2.24, 2.45) is 0 Å². The fraction of sp³-hybridized carbons (Fsp3) is 0.375. The number of amides is 1. The van der Waals surface area contributed by atoms with E-state index in [1.807, 2.05) is 38.9 Å². The third-order valence-electron chi connectivity index (χ3n) is 3.04. The molecule has 2 rings (SSSR count). The lowest BCUT2D eigenvalue weighted by atomic mass is 10.2. The monoisotopic (exact) mass is 315 g/mol. The van der Waals surface area contributed by atoms with Gasteiger partial charge in [0.15, 0.2) is 0 Å². The van der Waals surface area contributed by atoms with Crippen LogP contribution in [0, 0.1) is 6.92 Å². The van der Waals surface area contributed by atoms with Gasteiger partial charge in [0.2, 0.25) is 5.88 Å². The number of carbonyl (C=O) groups is 1. The van der Waals surface area contributed by atoms with Gasteiger partial charge in [0.05, 0.1) is 18.7 Å². The molecule has 1 amide bonds. The number of pyridine rings is 1. The van der Waals surface area contributed by atoms with Crippen LogP contribution in [-0.4, -0.2) is 41.6 Å². The molecule has 2 aromatic rings. The Bertz CT molecular complexity index is 671. The number of nitrogens with one attached hydrogen (secondary N) is 1. The van der Waals surface area contributed by atoms with Crippen LogP contribution in [0.1, 0.15) is 28.8 Å². The molecule has 0 spiro atoms. The molecule has 23 heavy (non-hydrogen) atoms. The van der Waals surface area contributed by atoms with E-state index in [1.165, 1.54) is 6.20 Å². The zero-order valence-electron chi connectivity index (χ0n) is 13.8. The van der Waals surface area contributed by atoms with Crippen LogP contribution in [0.25, 0.3) is 0 Å². The number of carbonyl (C=O) groups excluding carboxylic acids is 1. The van der Waals surface area contributed by atoms with Crippen LogP contribution >= 0.6 is 0 Å². The molecule has 7 nitrogen and oxygen atoms in total. The molecule has 0 aliphatic carbocycles. The molecule has 122 valence electrons. The van der Waals surface area contributed by atoms with Crippen molar-refractivity contribution < 1.29 is 9.53 Å². The highest BCUT2D eigenvalue weighted by atomic mass is 16.5. The normalized spacial score (nSPS) is 10.3. The summed E-state index contributed by atoms with van der Waals surface area (Å²) in [7, 11) is 3.82. The van der Waals surface area contributed by atoms with Crippen LogP contribution in [0.4, 0.5) is 5.82 Å². The third kappa shape index (κ3) is 4.64. The molecule has 2 aromatic heterocycles. The summed E-state index contributed by atoms with van der Waals surface area (Å²) in [4.78, 5) is 26.8. The number of anilines is 1. The van der Waals surface area contributed by atoms with Crippen molar-refractivity contribution in [3.63, 3.8) is 0 Å². The first-order valence-corrected chi connectivity index (χ1v) is 7.38. The molecule has 0 fully saturated rings. The van der Waals surface area contributed by atoms with Gasteiger partial charge in [-0.2, -0.15) is 0 Å². The number of aryl methyl sites for hydroxylation is 1. The van der Waals surface area contributed by atoms with E-state index in [1.54, 1.807) is 12.1 Å². The zero-order valence-corrected chi connectivity index (χ0v) is 13.8. The molecule has 0 aliphatic rings. The maximum atomic E-state index is 12.1. The Morgan fingerprint density at radius 3 is 2.70 bits per heavy atom. The highest BCUT2D eigenvalue weighted by Crippen LogP contribution is 2.10. The molecule has 0 unspecified atom stereocenters. The van der Waals surface area contributed by atoms with Gasteiger partial charge in [-0.1, -0.05) is 0 Å². The minimum absolute atomic E-state index is 0.225. The average Bonchev–Trinajstić information content (AvgIpc) is 2.53. The van der Waals surface area contributed by atoms with Crippen LogP contribution in [0.5, 0.6) is 5.88 Å². The molecule has 0 atom stereocenters.